The second-order valence-electron chi connectivity index (χ2n) is 5.00. The second-order valence-corrected chi connectivity index (χ2v) is 5.00. The molecule has 1 fully saturated rings. The standard InChI is InChI=1S/C10H20FNO2/c1-9(2,3)12-4-5-14-8-10(13,6-11)7-12/h13H,4-8H2,1-3H3/t10-/m0/s1. The SMILES string of the molecule is CC(C)(C)N1CCOC[C@](O)(CF)C1. The van der Waals surface area contributed by atoms with Gasteiger partial charge in [0.2, 0.25) is 0 Å². The Morgan fingerprint density at radius 2 is 2.14 bits per heavy atom. The molecule has 1 rings (SSSR count). The van der Waals surface area contributed by atoms with E-state index in [0.29, 0.717) is 13.2 Å². The number of β-amino-alcohol motifs (C(OH)–C–C–N with tert-alkyl or cyclic N) is 1. The van der Waals surface area contributed by atoms with Crippen LogP contribution in [0.2, 0.25) is 0 Å². The monoisotopic (exact) mass is 205 g/mol. The van der Waals surface area contributed by atoms with E-state index in [4.69, 9.17) is 4.74 Å². The van der Waals surface area contributed by atoms with E-state index >= 15 is 0 Å². The van der Waals surface area contributed by atoms with Gasteiger partial charge in [-0.25, -0.2) is 4.39 Å². The van der Waals surface area contributed by atoms with E-state index in [9.17, 15) is 9.50 Å². The number of rotatable bonds is 1. The summed E-state index contributed by atoms with van der Waals surface area (Å²) in [5, 5.41) is 9.85. The molecule has 0 spiro atoms. The van der Waals surface area contributed by atoms with E-state index in [0.717, 1.165) is 6.54 Å². The highest BCUT2D eigenvalue weighted by atomic mass is 19.1. The van der Waals surface area contributed by atoms with Crippen LogP contribution in [0.25, 0.3) is 0 Å². The summed E-state index contributed by atoms with van der Waals surface area (Å²) in [7, 11) is 0. The molecule has 1 heterocycles. The topological polar surface area (TPSA) is 32.7 Å². The van der Waals surface area contributed by atoms with E-state index in [2.05, 4.69) is 25.7 Å². The maximum absolute atomic E-state index is 12.6. The van der Waals surface area contributed by atoms with Crippen molar-refractivity contribution >= 4 is 0 Å². The molecule has 84 valence electrons. The van der Waals surface area contributed by atoms with E-state index < -0.39 is 12.3 Å². The predicted molar refractivity (Wildman–Crippen MR) is 53.1 cm³/mol. The summed E-state index contributed by atoms with van der Waals surface area (Å²) in [5.74, 6) is 0. The van der Waals surface area contributed by atoms with Crippen molar-refractivity contribution in [1.82, 2.24) is 4.90 Å². The lowest BCUT2D eigenvalue weighted by Gasteiger charge is -2.37. The molecule has 1 N–H and O–H groups in total. The van der Waals surface area contributed by atoms with Crippen LogP contribution in [-0.2, 0) is 4.74 Å². The fourth-order valence-electron chi connectivity index (χ4n) is 1.57. The third-order valence-corrected chi connectivity index (χ3v) is 2.56. The summed E-state index contributed by atoms with van der Waals surface area (Å²) in [5.41, 5.74) is -1.39. The minimum Gasteiger partial charge on any atom is -0.383 e. The third-order valence-electron chi connectivity index (χ3n) is 2.56. The highest BCUT2D eigenvalue weighted by Gasteiger charge is 2.36. The lowest BCUT2D eigenvalue weighted by atomic mass is 10.0. The zero-order valence-electron chi connectivity index (χ0n) is 9.22. The highest BCUT2D eigenvalue weighted by molar-refractivity contribution is 4.89. The molecule has 0 bridgehead atoms. The van der Waals surface area contributed by atoms with Gasteiger partial charge in [-0.15, -0.1) is 0 Å². The molecule has 0 aromatic heterocycles. The van der Waals surface area contributed by atoms with Gasteiger partial charge < -0.3 is 9.84 Å². The Kier molecular flexibility index (Phi) is 3.50. The molecule has 1 saturated heterocycles. The van der Waals surface area contributed by atoms with Crippen molar-refractivity contribution < 1.29 is 14.2 Å². The zero-order chi connectivity index (χ0) is 10.8. The van der Waals surface area contributed by atoms with Gasteiger partial charge in [0.05, 0.1) is 13.2 Å². The number of hydrogen-bond acceptors (Lipinski definition) is 3. The first kappa shape index (κ1) is 11.9. The Hall–Kier alpha value is -0.190. The molecule has 0 radical (unpaired) electrons. The summed E-state index contributed by atoms with van der Waals surface area (Å²) in [6, 6.07) is 0. The van der Waals surface area contributed by atoms with Crippen LogP contribution in [0.1, 0.15) is 20.8 Å². The Labute approximate surface area is 84.9 Å². The van der Waals surface area contributed by atoms with Gasteiger partial charge in [-0.2, -0.15) is 0 Å². The van der Waals surface area contributed by atoms with Crippen molar-refractivity contribution in [2.24, 2.45) is 0 Å². The third kappa shape index (κ3) is 2.90. The first-order valence-electron chi connectivity index (χ1n) is 4.98. The van der Waals surface area contributed by atoms with Crippen LogP contribution in [0.5, 0.6) is 0 Å². The maximum atomic E-state index is 12.6. The van der Waals surface area contributed by atoms with Crippen LogP contribution in [0.4, 0.5) is 4.39 Å². The van der Waals surface area contributed by atoms with Crippen molar-refractivity contribution in [1.29, 1.82) is 0 Å². The lowest BCUT2D eigenvalue weighted by molar-refractivity contribution is -0.0586. The molecule has 14 heavy (non-hydrogen) atoms. The normalized spacial score (nSPS) is 31.5. The van der Waals surface area contributed by atoms with Gasteiger partial charge in [0.25, 0.3) is 0 Å². The van der Waals surface area contributed by atoms with Gasteiger partial charge >= 0.3 is 0 Å². The molecular weight excluding hydrogens is 185 g/mol. The number of ether oxygens (including phenoxy) is 1. The molecule has 1 aliphatic rings. The Balaban J connectivity index is 2.70. The molecule has 0 saturated carbocycles. The number of hydrogen-bond donors (Lipinski definition) is 1. The van der Waals surface area contributed by atoms with Crippen LogP contribution in [0.3, 0.4) is 0 Å². The van der Waals surface area contributed by atoms with Gasteiger partial charge in [0.15, 0.2) is 0 Å². The van der Waals surface area contributed by atoms with E-state index in [1.807, 2.05) is 0 Å². The second kappa shape index (κ2) is 4.13. The van der Waals surface area contributed by atoms with Crippen molar-refractivity contribution in [3.63, 3.8) is 0 Å². The fraction of sp³-hybridized carbons (Fsp3) is 1.00. The minimum atomic E-state index is -1.33. The zero-order valence-corrected chi connectivity index (χ0v) is 9.22. The Bertz CT molecular complexity index is 193. The summed E-state index contributed by atoms with van der Waals surface area (Å²) in [6.07, 6.45) is 0. The van der Waals surface area contributed by atoms with E-state index in [1.54, 1.807) is 0 Å². The van der Waals surface area contributed by atoms with Gasteiger partial charge in [0, 0.05) is 18.6 Å². The van der Waals surface area contributed by atoms with Crippen LogP contribution in [-0.4, -0.2) is 54.1 Å². The molecule has 0 aromatic carbocycles. The smallest absolute Gasteiger partial charge is 0.129 e. The summed E-state index contributed by atoms with van der Waals surface area (Å²) < 4.78 is 17.8. The average molecular weight is 205 g/mol. The summed E-state index contributed by atoms with van der Waals surface area (Å²) in [4.78, 5) is 2.06. The van der Waals surface area contributed by atoms with Crippen molar-refractivity contribution in [3.8, 4) is 0 Å². The first-order valence-corrected chi connectivity index (χ1v) is 4.98. The van der Waals surface area contributed by atoms with Crippen LogP contribution >= 0.6 is 0 Å². The Morgan fingerprint density at radius 1 is 1.50 bits per heavy atom. The van der Waals surface area contributed by atoms with Gasteiger partial charge in [-0.3, -0.25) is 4.90 Å². The molecule has 3 nitrogen and oxygen atoms in total. The number of aliphatic hydroxyl groups is 1. The molecule has 4 heteroatoms. The largest absolute Gasteiger partial charge is 0.383 e. The van der Waals surface area contributed by atoms with Crippen molar-refractivity contribution in [2.45, 2.75) is 31.9 Å². The van der Waals surface area contributed by atoms with Crippen LogP contribution in [0.15, 0.2) is 0 Å². The molecule has 0 aromatic rings. The molecule has 1 aliphatic heterocycles. The lowest BCUT2D eigenvalue weighted by Crippen LogP contribution is -2.52. The van der Waals surface area contributed by atoms with Crippen molar-refractivity contribution in [3.05, 3.63) is 0 Å². The summed E-state index contributed by atoms with van der Waals surface area (Å²) in [6.45, 7) is 7.14. The molecule has 0 amide bonds. The minimum absolute atomic E-state index is 0.0587. The quantitative estimate of drug-likeness (QED) is 0.688. The summed E-state index contributed by atoms with van der Waals surface area (Å²) >= 11 is 0. The molecule has 0 aliphatic carbocycles. The first-order chi connectivity index (χ1) is 6.37. The fourth-order valence-corrected chi connectivity index (χ4v) is 1.57. The van der Waals surface area contributed by atoms with Crippen molar-refractivity contribution in [2.75, 3.05) is 33.0 Å². The van der Waals surface area contributed by atoms with E-state index in [1.165, 1.54) is 0 Å². The van der Waals surface area contributed by atoms with Gasteiger partial charge in [-0.05, 0) is 20.8 Å². The van der Waals surface area contributed by atoms with Crippen LogP contribution < -0.4 is 0 Å². The van der Waals surface area contributed by atoms with Gasteiger partial charge in [-0.1, -0.05) is 0 Å². The van der Waals surface area contributed by atoms with Crippen LogP contribution in [0, 0.1) is 0 Å². The predicted octanol–water partition coefficient (Wildman–Crippen LogP) is 0.818. The molecular formula is C10H20FNO2. The number of nitrogens with zero attached hydrogens (tertiary/aromatic N) is 1. The number of halogens is 1. The van der Waals surface area contributed by atoms with Gasteiger partial charge in [0.1, 0.15) is 12.3 Å². The Morgan fingerprint density at radius 3 is 2.64 bits per heavy atom. The highest BCUT2D eigenvalue weighted by Crippen LogP contribution is 2.20. The number of alkyl halides is 1. The molecule has 0 unspecified atom stereocenters. The van der Waals surface area contributed by atoms with E-state index in [-0.39, 0.29) is 12.1 Å². The average Bonchev–Trinajstić information content (AvgIpc) is 2.27. The maximum Gasteiger partial charge on any atom is 0.129 e. The molecule has 1 atom stereocenters.